The smallest absolute Gasteiger partial charge is 0.292 e. The predicted octanol–water partition coefficient (Wildman–Crippen LogP) is 2.57. The second kappa shape index (κ2) is 6.52. The third-order valence-corrected chi connectivity index (χ3v) is 4.61. The van der Waals surface area contributed by atoms with Crippen LogP contribution in [0.5, 0.6) is 5.75 Å². The molecule has 1 N–H and O–H groups in total. The highest BCUT2D eigenvalue weighted by molar-refractivity contribution is 5.66. The Hall–Kier alpha value is -1.82. The van der Waals surface area contributed by atoms with Crippen molar-refractivity contribution >= 4 is 11.4 Å². The third-order valence-electron chi connectivity index (χ3n) is 4.61. The summed E-state index contributed by atoms with van der Waals surface area (Å²) in [6.45, 7) is 2.82. The molecule has 0 unspecified atom stereocenters. The lowest BCUT2D eigenvalue weighted by Gasteiger charge is -2.33. The highest BCUT2D eigenvalue weighted by Gasteiger charge is 2.27. The Labute approximate surface area is 130 Å². The Morgan fingerprint density at radius 1 is 1.32 bits per heavy atom. The Balaban J connectivity index is 1.65. The normalized spacial score (nSPS) is 19.2. The number of rotatable bonds is 6. The first-order valence-corrected chi connectivity index (χ1v) is 7.98. The lowest BCUT2D eigenvalue weighted by molar-refractivity contribution is -0.384. The molecule has 0 spiro atoms. The fourth-order valence-corrected chi connectivity index (χ4v) is 3.02. The summed E-state index contributed by atoms with van der Waals surface area (Å²) in [6.07, 6.45) is 4.78. The summed E-state index contributed by atoms with van der Waals surface area (Å²) in [5.74, 6) is 1.55. The largest absolute Gasteiger partial charge is 0.497 e. The van der Waals surface area contributed by atoms with E-state index in [0.29, 0.717) is 17.5 Å². The van der Waals surface area contributed by atoms with E-state index in [1.54, 1.807) is 19.2 Å². The van der Waals surface area contributed by atoms with Crippen LogP contribution in [0.15, 0.2) is 18.2 Å². The van der Waals surface area contributed by atoms with Gasteiger partial charge in [0, 0.05) is 31.3 Å². The Morgan fingerprint density at radius 3 is 2.64 bits per heavy atom. The number of methoxy groups -OCH3 is 1. The molecular formula is C16H23N3O3. The van der Waals surface area contributed by atoms with Gasteiger partial charge in [0.25, 0.3) is 5.69 Å². The molecule has 22 heavy (non-hydrogen) atoms. The first-order chi connectivity index (χ1) is 10.7. The van der Waals surface area contributed by atoms with Crippen molar-refractivity contribution in [2.75, 3.05) is 31.6 Å². The van der Waals surface area contributed by atoms with Crippen LogP contribution in [0.25, 0.3) is 0 Å². The molecule has 1 saturated heterocycles. The molecule has 0 bridgehead atoms. The topological polar surface area (TPSA) is 67.6 Å². The molecule has 2 fully saturated rings. The molecule has 6 nitrogen and oxygen atoms in total. The SMILES string of the molecule is COc1ccc([N+](=O)[O-])c(N2CCC(NCC3CC3)CC2)c1. The minimum Gasteiger partial charge on any atom is -0.497 e. The standard InChI is InChI=1S/C16H23N3O3/c1-22-14-4-5-15(19(20)21)16(10-14)18-8-6-13(7-9-18)17-11-12-2-3-12/h4-5,10,12-13,17H,2-3,6-9,11H2,1H3. The van der Waals surface area contributed by atoms with Gasteiger partial charge in [-0.25, -0.2) is 0 Å². The molecule has 1 aliphatic carbocycles. The van der Waals surface area contributed by atoms with Crippen LogP contribution in [0.3, 0.4) is 0 Å². The summed E-state index contributed by atoms with van der Waals surface area (Å²) in [5.41, 5.74) is 0.829. The van der Waals surface area contributed by atoms with Crippen LogP contribution < -0.4 is 15.0 Å². The van der Waals surface area contributed by atoms with Gasteiger partial charge in [0.1, 0.15) is 11.4 Å². The monoisotopic (exact) mass is 305 g/mol. The molecular weight excluding hydrogens is 282 g/mol. The van der Waals surface area contributed by atoms with Gasteiger partial charge in [0.2, 0.25) is 0 Å². The molecule has 0 radical (unpaired) electrons. The van der Waals surface area contributed by atoms with Gasteiger partial charge < -0.3 is 15.0 Å². The molecule has 2 aliphatic rings. The van der Waals surface area contributed by atoms with Gasteiger partial charge in [-0.2, -0.15) is 0 Å². The molecule has 0 amide bonds. The van der Waals surface area contributed by atoms with E-state index in [2.05, 4.69) is 10.2 Å². The highest BCUT2D eigenvalue weighted by Crippen LogP contribution is 2.34. The van der Waals surface area contributed by atoms with E-state index in [-0.39, 0.29) is 10.6 Å². The molecule has 1 heterocycles. The van der Waals surface area contributed by atoms with Gasteiger partial charge in [-0.1, -0.05) is 0 Å². The molecule has 1 aromatic rings. The number of hydrogen-bond donors (Lipinski definition) is 1. The fraction of sp³-hybridized carbons (Fsp3) is 0.625. The Morgan fingerprint density at radius 2 is 2.05 bits per heavy atom. The molecule has 3 rings (SSSR count). The number of hydrogen-bond acceptors (Lipinski definition) is 5. The second-order valence-electron chi connectivity index (χ2n) is 6.22. The first-order valence-electron chi connectivity index (χ1n) is 7.98. The van der Waals surface area contributed by atoms with E-state index in [1.807, 2.05) is 0 Å². The van der Waals surface area contributed by atoms with E-state index in [1.165, 1.54) is 18.9 Å². The molecule has 1 aliphatic heterocycles. The van der Waals surface area contributed by atoms with Crippen molar-refractivity contribution in [3.8, 4) is 5.75 Å². The van der Waals surface area contributed by atoms with Crippen molar-refractivity contribution in [1.29, 1.82) is 0 Å². The van der Waals surface area contributed by atoms with Gasteiger partial charge in [-0.3, -0.25) is 10.1 Å². The third kappa shape index (κ3) is 3.50. The Bertz CT molecular complexity index is 537. The molecule has 1 saturated carbocycles. The van der Waals surface area contributed by atoms with Crippen LogP contribution in [-0.4, -0.2) is 37.7 Å². The molecule has 0 atom stereocenters. The zero-order valence-corrected chi connectivity index (χ0v) is 13.0. The minimum atomic E-state index is -0.313. The zero-order chi connectivity index (χ0) is 15.5. The maximum Gasteiger partial charge on any atom is 0.292 e. The van der Waals surface area contributed by atoms with Crippen LogP contribution in [0.4, 0.5) is 11.4 Å². The molecule has 0 aromatic heterocycles. The molecule has 120 valence electrons. The molecule has 1 aromatic carbocycles. The van der Waals surface area contributed by atoms with E-state index >= 15 is 0 Å². The number of nitrogens with zero attached hydrogens (tertiary/aromatic N) is 2. The van der Waals surface area contributed by atoms with Crippen LogP contribution in [0, 0.1) is 16.0 Å². The quantitative estimate of drug-likeness (QED) is 0.646. The lowest BCUT2D eigenvalue weighted by Crippen LogP contribution is -2.43. The summed E-state index contributed by atoms with van der Waals surface area (Å²) in [7, 11) is 1.58. The average molecular weight is 305 g/mol. The summed E-state index contributed by atoms with van der Waals surface area (Å²) < 4.78 is 5.21. The number of nitro benzene ring substituents is 1. The van der Waals surface area contributed by atoms with Gasteiger partial charge in [0.15, 0.2) is 0 Å². The number of anilines is 1. The average Bonchev–Trinajstić information content (AvgIpc) is 3.37. The molecule has 6 heteroatoms. The maximum absolute atomic E-state index is 11.2. The van der Waals surface area contributed by atoms with Crippen LogP contribution in [0.1, 0.15) is 25.7 Å². The van der Waals surface area contributed by atoms with E-state index in [4.69, 9.17) is 4.74 Å². The van der Waals surface area contributed by atoms with Crippen LogP contribution in [0.2, 0.25) is 0 Å². The van der Waals surface area contributed by atoms with Crippen LogP contribution >= 0.6 is 0 Å². The summed E-state index contributed by atoms with van der Waals surface area (Å²) in [6, 6.07) is 5.49. The number of piperidine rings is 1. The number of nitrogens with one attached hydrogen (secondary N) is 1. The minimum absolute atomic E-state index is 0.158. The van der Waals surface area contributed by atoms with Crippen molar-refractivity contribution < 1.29 is 9.66 Å². The summed E-state index contributed by atoms with van der Waals surface area (Å²) in [4.78, 5) is 13.0. The zero-order valence-electron chi connectivity index (χ0n) is 13.0. The van der Waals surface area contributed by atoms with Gasteiger partial charge in [-0.05, 0) is 44.2 Å². The van der Waals surface area contributed by atoms with Gasteiger partial charge >= 0.3 is 0 Å². The number of nitro groups is 1. The van der Waals surface area contributed by atoms with Crippen molar-refractivity contribution in [2.45, 2.75) is 31.7 Å². The van der Waals surface area contributed by atoms with Crippen molar-refractivity contribution in [3.05, 3.63) is 28.3 Å². The van der Waals surface area contributed by atoms with Crippen molar-refractivity contribution in [3.63, 3.8) is 0 Å². The van der Waals surface area contributed by atoms with Crippen molar-refractivity contribution in [2.24, 2.45) is 5.92 Å². The fourth-order valence-electron chi connectivity index (χ4n) is 3.02. The maximum atomic E-state index is 11.2. The Kier molecular flexibility index (Phi) is 4.47. The highest BCUT2D eigenvalue weighted by atomic mass is 16.6. The summed E-state index contributed by atoms with van der Waals surface area (Å²) in [5, 5.41) is 14.9. The lowest BCUT2D eigenvalue weighted by atomic mass is 10.0. The van der Waals surface area contributed by atoms with E-state index in [9.17, 15) is 10.1 Å². The van der Waals surface area contributed by atoms with Crippen molar-refractivity contribution in [1.82, 2.24) is 5.32 Å². The summed E-state index contributed by atoms with van der Waals surface area (Å²) >= 11 is 0. The number of benzene rings is 1. The van der Waals surface area contributed by atoms with Gasteiger partial charge in [0.05, 0.1) is 12.0 Å². The first kappa shape index (κ1) is 15.1. The van der Waals surface area contributed by atoms with E-state index in [0.717, 1.165) is 38.4 Å². The van der Waals surface area contributed by atoms with Crippen LogP contribution in [-0.2, 0) is 0 Å². The second-order valence-corrected chi connectivity index (χ2v) is 6.22. The van der Waals surface area contributed by atoms with Gasteiger partial charge in [-0.15, -0.1) is 0 Å². The predicted molar refractivity (Wildman–Crippen MR) is 85.6 cm³/mol. The van der Waals surface area contributed by atoms with E-state index < -0.39 is 0 Å². The number of ether oxygens (including phenoxy) is 1.